The van der Waals surface area contributed by atoms with Gasteiger partial charge in [-0.1, -0.05) is 0 Å². The van der Waals surface area contributed by atoms with E-state index < -0.39 is 17.4 Å². The molecule has 1 heterocycles. The maximum absolute atomic E-state index is 11.4. The number of benzene rings is 1. The van der Waals surface area contributed by atoms with Gasteiger partial charge in [0.15, 0.2) is 5.78 Å². The third-order valence-corrected chi connectivity index (χ3v) is 2.36. The lowest BCUT2D eigenvalue weighted by Crippen LogP contribution is -2.11. The van der Waals surface area contributed by atoms with E-state index in [4.69, 9.17) is 9.52 Å². The lowest BCUT2D eigenvalue weighted by atomic mass is 10.1. The number of carboxylic acids is 1. The number of fused-ring (bicyclic) bond motifs is 1. The third-order valence-electron chi connectivity index (χ3n) is 2.36. The van der Waals surface area contributed by atoms with E-state index in [0.29, 0.717) is 5.39 Å². The fourth-order valence-electron chi connectivity index (χ4n) is 1.50. The molecule has 0 radical (unpaired) electrons. The Morgan fingerprint density at radius 2 is 1.94 bits per heavy atom. The summed E-state index contributed by atoms with van der Waals surface area (Å²) in [6.45, 7) is 1.25. The van der Waals surface area contributed by atoms with Crippen LogP contribution in [0, 0.1) is 0 Å². The molecule has 0 spiro atoms. The van der Waals surface area contributed by atoms with Gasteiger partial charge in [-0.2, -0.15) is 0 Å². The summed E-state index contributed by atoms with van der Waals surface area (Å²) >= 11 is 0. The van der Waals surface area contributed by atoms with E-state index in [0.717, 1.165) is 0 Å². The average Bonchev–Trinajstić information content (AvgIpc) is 2.27. The molecule has 0 saturated carbocycles. The van der Waals surface area contributed by atoms with E-state index in [2.05, 4.69) is 0 Å². The number of rotatable bonds is 2. The van der Waals surface area contributed by atoms with Gasteiger partial charge in [0.05, 0.1) is 5.56 Å². The molecule has 1 aromatic heterocycles. The van der Waals surface area contributed by atoms with Crippen LogP contribution in [0.15, 0.2) is 33.5 Å². The van der Waals surface area contributed by atoms with E-state index in [9.17, 15) is 14.4 Å². The summed E-state index contributed by atoms with van der Waals surface area (Å²) in [7, 11) is 0. The molecule has 2 aromatic rings. The molecule has 86 valence electrons. The standard InChI is InChI=1S/C12H8O5/c1-6(13)9-5-8-4-7(11(14)15)2-3-10(8)17-12(9)16/h2-5H,1H3,(H,14,15). The smallest absolute Gasteiger partial charge is 0.347 e. The highest BCUT2D eigenvalue weighted by molar-refractivity contribution is 5.98. The van der Waals surface area contributed by atoms with Crippen molar-refractivity contribution in [3.8, 4) is 0 Å². The van der Waals surface area contributed by atoms with Crippen LogP contribution in [0.1, 0.15) is 27.6 Å². The Balaban J connectivity index is 2.77. The molecule has 0 unspecified atom stereocenters. The van der Waals surface area contributed by atoms with Crippen LogP contribution in [0.4, 0.5) is 0 Å². The highest BCUT2D eigenvalue weighted by Gasteiger charge is 2.11. The van der Waals surface area contributed by atoms with Gasteiger partial charge in [0.1, 0.15) is 11.1 Å². The lowest BCUT2D eigenvalue weighted by Gasteiger charge is -2.00. The Morgan fingerprint density at radius 3 is 2.53 bits per heavy atom. The van der Waals surface area contributed by atoms with Gasteiger partial charge in [-0.15, -0.1) is 0 Å². The van der Waals surface area contributed by atoms with E-state index in [1.54, 1.807) is 0 Å². The fraction of sp³-hybridized carbons (Fsp3) is 0.0833. The van der Waals surface area contributed by atoms with E-state index in [1.165, 1.54) is 31.2 Å². The molecule has 5 heteroatoms. The number of hydrogen-bond acceptors (Lipinski definition) is 4. The van der Waals surface area contributed by atoms with Gasteiger partial charge in [-0.25, -0.2) is 9.59 Å². The predicted octanol–water partition coefficient (Wildman–Crippen LogP) is 1.69. The number of carbonyl (C=O) groups is 2. The number of ketones is 1. The van der Waals surface area contributed by atoms with Crippen molar-refractivity contribution >= 4 is 22.7 Å². The zero-order valence-corrected chi connectivity index (χ0v) is 8.89. The van der Waals surface area contributed by atoms with Crippen molar-refractivity contribution in [2.24, 2.45) is 0 Å². The summed E-state index contributed by atoms with van der Waals surface area (Å²) < 4.78 is 4.92. The van der Waals surface area contributed by atoms with Crippen LogP contribution in [-0.4, -0.2) is 16.9 Å². The molecule has 1 aromatic carbocycles. The van der Waals surface area contributed by atoms with Crippen LogP contribution in [0.25, 0.3) is 11.0 Å². The van der Waals surface area contributed by atoms with Gasteiger partial charge in [-0.05, 0) is 31.2 Å². The summed E-state index contributed by atoms with van der Waals surface area (Å²) in [5, 5.41) is 9.23. The van der Waals surface area contributed by atoms with Crippen molar-refractivity contribution < 1.29 is 19.1 Å². The average molecular weight is 232 g/mol. The molecule has 2 rings (SSSR count). The van der Waals surface area contributed by atoms with E-state index in [-0.39, 0.29) is 16.7 Å². The number of carboxylic acid groups (broad SMARTS) is 1. The molecule has 0 aliphatic carbocycles. The van der Waals surface area contributed by atoms with Gasteiger partial charge in [0.25, 0.3) is 0 Å². The van der Waals surface area contributed by atoms with Crippen molar-refractivity contribution in [2.45, 2.75) is 6.92 Å². The molecule has 0 bridgehead atoms. The second-order valence-electron chi connectivity index (χ2n) is 3.56. The molecule has 0 atom stereocenters. The van der Waals surface area contributed by atoms with Gasteiger partial charge < -0.3 is 9.52 Å². The zero-order chi connectivity index (χ0) is 12.6. The SMILES string of the molecule is CC(=O)c1cc2cc(C(=O)O)ccc2oc1=O. The van der Waals surface area contributed by atoms with Crippen LogP contribution in [0.2, 0.25) is 0 Å². The second-order valence-corrected chi connectivity index (χ2v) is 3.56. The van der Waals surface area contributed by atoms with Crippen molar-refractivity contribution in [1.82, 2.24) is 0 Å². The fourth-order valence-corrected chi connectivity index (χ4v) is 1.50. The molecular formula is C12H8O5. The molecule has 0 aliphatic rings. The van der Waals surface area contributed by atoms with Crippen LogP contribution < -0.4 is 5.63 Å². The summed E-state index contributed by atoms with van der Waals surface area (Å²) in [6, 6.07) is 5.42. The lowest BCUT2D eigenvalue weighted by molar-refractivity contribution is 0.0697. The molecule has 0 saturated heterocycles. The van der Waals surface area contributed by atoms with Crippen LogP contribution in [0.3, 0.4) is 0 Å². The van der Waals surface area contributed by atoms with Crippen LogP contribution in [0.5, 0.6) is 0 Å². The topological polar surface area (TPSA) is 84.6 Å². The summed E-state index contributed by atoms with van der Waals surface area (Å²) in [5.41, 5.74) is -0.473. The summed E-state index contributed by atoms with van der Waals surface area (Å²) in [6.07, 6.45) is 0. The molecule has 0 amide bonds. The highest BCUT2D eigenvalue weighted by Crippen LogP contribution is 2.16. The molecule has 0 fully saturated rings. The first kappa shape index (κ1) is 11.1. The first-order chi connectivity index (χ1) is 7.99. The van der Waals surface area contributed by atoms with Gasteiger partial charge >= 0.3 is 11.6 Å². The molecule has 0 aliphatic heterocycles. The molecule has 5 nitrogen and oxygen atoms in total. The van der Waals surface area contributed by atoms with Gasteiger partial charge in [-0.3, -0.25) is 4.79 Å². The summed E-state index contributed by atoms with van der Waals surface area (Å²) in [4.78, 5) is 33.3. The van der Waals surface area contributed by atoms with Crippen molar-refractivity contribution in [2.75, 3.05) is 0 Å². The Labute approximate surface area is 95.3 Å². The number of aromatic carboxylic acids is 1. The van der Waals surface area contributed by atoms with Crippen LogP contribution in [-0.2, 0) is 0 Å². The van der Waals surface area contributed by atoms with Crippen molar-refractivity contribution in [3.63, 3.8) is 0 Å². The maximum Gasteiger partial charge on any atom is 0.347 e. The van der Waals surface area contributed by atoms with Crippen molar-refractivity contribution in [3.05, 3.63) is 45.8 Å². The molecule has 17 heavy (non-hydrogen) atoms. The number of Topliss-reactive ketones (excluding diaryl/α,β-unsaturated/α-hetero) is 1. The first-order valence-electron chi connectivity index (χ1n) is 4.81. The Bertz CT molecular complexity index is 681. The number of carbonyl (C=O) groups excluding carboxylic acids is 1. The maximum atomic E-state index is 11.4. The Hall–Kier alpha value is -2.43. The number of hydrogen-bond donors (Lipinski definition) is 1. The van der Waals surface area contributed by atoms with Crippen LogP contribution >= 0.6 is 0 Å². The summed E-state index contributed by atoms with van der Waals surface area (Å²) in [5.74, 6) is -1.50. The predicted molar refractivity (Wildman–Crippen MR) is 59.4 cm³/mol. The zero-order valence-electron chi connectivity index (χ0n) is 8.89. The normalized spacial score (nSPS) is 10.4. The van der Waals surface area contributed by atoms with E-state index >= 15 is 0 Å². The quantitative estimate of drug-likeness (QED) is 0.629. The van der Waals surface area contributed by atoms with Crippen molar-refractivity contribution in [1.29, 1.82) is 0 Å². The molecule has 1 N–H and O–H groups in total. The third kappa shape index (κ3) is 1.94. The minimum atomic E-state index is -1.08. The van der Waals surface area contributed by atoms with Gasteiger partial charge in [0.2, 0.25) is 0 Å². The minimum Gasteiger partial charge on any atom is -0.478 e. The van der Waals surface area contributed by atoms with Gasteiger partial charge in [0, 0.05) is 5.39 Å². The van der Waals surface area contributed by atoms with E-state index in [1.807, 2.05) is 0 Å². The monoisotopic (exact) mass is 232 g/mol. The minimum absolute atomic E-state index is 0.0702. The first-order valence-corrected chi connectivity index (χ1v) is 4.81. The molecular weight excluding hydrogens is 224 g/mol. The Morgan fingerprint density at radius 1 is 1.24 bits per heavy atom. The second kappa shape index (κ2) is 3.86. The highest BCUT2D eigenvalue weighted by atomic mass is 16.4. The largest absolute Gasteiger partial charge is 0.478 e. The Kier molecular flexibility index (Phi) is 2.51.